The first-order chi connectivity index (χ1) is 5.27. The van der Waals surface area contributed by atoms with Crippen molar-refractivity contribution >= 4 is 0 Å². The molecule has 0 saturated heterocycles. The third kappa shape index (κ3) is 1.26. The largest absolute Gasteiger partial charge is 0.327 e. The fourth-order valence-electron chi connectivity index (χ4n) is 1.30. The molecule has 1 saturated carbocycles. The van der Waals surface area contributed by atoms with E-state index < -0.39 is 0 Å². The van der Waals surface area contributed by atoms with Gasteiger partial charge in [0, 0.05) is 23.9 Å². The van der Waals surface area contributed by atoms with E-state index in [1.807, 2.05) is 19.2 Å². The maximum Gasteiger partial charge on any atom is 0.0372 e. The highest BCUT2D eigenvalue weighted by atomic mass is 14.8. The molecule has 0 unspecified atom stereocenters. The minimum Gasteiger partial charge on any atom is -0.327 e. The van der Waals surface area contributed by atoms with Crippen LogP contribution >= 0.6 is 0 Å². The average molecular weight is 148 g/mol. The van der Waals surface area contributed by atoms with Crippen LogP contribution in [0.3, 0.4) is 0 Å². The predicted molar refractivity (Wildman–Crippen MR) is 44.3 cm³/mol. The van der Waals surface area contributed by atoms with Gasteiger partial charge in [-0.05, 0) is 25.0 Å². The van der Waals surface area contributed by atoms with Gasteiger partial charge in [0.2, 0.25) is 0 Å². The molecule has 2 heteroatoms. The summed E-state index contributed by atoms with van der Waals surface area (Å²) in [5, 5.41) is 0. The molecule has 1 aliphatic rings. The van der Waals surface area contributed by atoms with Crippen molar-refractivity contribution in [3.05, 3.63) is 29.6 Å². The zero-order valence-corrected chi connectivity index (χ0v) is 6.62. The Kier molecular flexibility index (Phi) is 1.43. The molecule has 1 aromatic rings. The van der Waals surface area contributed by atoms with E-state index in [1.165, 1.54) is 5.56 Å². The van der Waals surface area contributed by atoms with E-state index in [1.54, 1.807) is 0 Å². The summed E-state index contributed by atoms with van der Waals surface area (Å²) in [4.78, 5) is 4.22. The first-order valence-corrected chi connectivity index (χ1v) is 3.95. The Bertz CT molecular complexity index is 253. The van der Waals surface area contributed by atoms with Gasteiger partial charge in [0.15, 0.2) is 0 Å². The number of rotatable bonds is 1. The van der Waals surface area contributed by atoms with Crippen LogP contribution in [0, 0.1) is 6.92 Å². The molecule has 2 atom stereocenters. The van der Waals surface area contributed by atoms with Crippen LogP contribution in [0.2, 0.25) is 0 Å². The van der Waals surface area contributed by atoms with Crippen LogP contribution in [0.1, 0.15) is 23.6 Å². The maximum absolute atomic E-state index is 5.71. The van der Waals surface area contributed by atoms with E-state index in [4.69, 9.17) is 5.73 Å². The highest BCUT2D eigenvalue weighted by molar-refractivity contribution is 5.25. The van der Waals surface area contributed by atoms with Crippen LogP contribution in [0.5, 0.6) is 0 Å². The predicted octanol–water partition coefficient (Wildman–Crippen LogP) is 1.20. The molecule has 0 amide bonds. The number of hydrogen-bond donors (Lipinski definition) is 1. The molecule has 0 spiro atoms. The number of aryl methyl sites for hydroxylation is 1. The quantitative estimate of drug-likeness (QED) is 0.650. The van der Waals surface area contributed by atoms with Gasteiger partial charge >= 0.3 is 0 Å². The number of hydrogen-bond acceptors (Lipinski definition) is 2. The molecule has 1 heterocycles. The van der Waals surface area contributed by atoms with Crippen molar-refractivity contribution in [3.8, 4) is 0 Å². The van der Waals surface area contributed by atoms with Gasteiger partial charge in [0.25, 0.3) is 0 Å². The second kappa shape index (κ2) is 2.31. The minimum absolute atomic E-state index is 0.388. The first kappa shape index (κ1) is 6.80. The van der Waals surface area contributed by atoms with Crippen molar-refractivity contribution in [1.82, 2.24) is 4.98 Å². The topological polar surface area (TPSA) is 38.9 Å². The SMILES string of the molecule is Cc1ccc([C@H]2C[C@@H]2N)cn1. The summed E-state index contributed by atoms with van der Waals surface area (Å²) in [7, 11) is 0. The van der Waals surface area contributed by atoms with E-state index >= 15 is 0 Å². The lowest BCUT2D eigenvalue weighted by Crippen LogP contribution is -2.01. The summed E-state index contributed by atoms with van der Waals surface area (Å²) < 4.78 is 0. The Morgan fingerprint density at radius 1 is 1.55 bits per heavy atom. The van der Waals surface area contributed by atoms with E-state index in [0.717, 1.165) is 12.1 Å². The lowest BCUT2D eigenvalue weighted by Gasteiger charge is -1.96. The van der Waals surface area contributed by atoms with Crippen LogP contribution in [-0.4, -0.2) is 11.0 Å². The number of aromatic nitrogens is 1. The van der Waals surface area contributed by atoms with Gasteiger partial charge in [-0.3, -0.25) is 4.98 Å². The van der Waals surface area contributed by atoms with E-state index in [-0.39, 0.29) is 0 Å². The normalized spacial score (nSPS) is 28.5. The molecular formula is C9H12N2. The second-order valence-corrected chi connectivity index (χ2v) is 3.24. The molecule has 2 rings (SSSR count). The third-order valence-electron chi connectivity index (χ3n) is 2.20. The number of nitrogens with two attached hydrogens (primary N) is 1. The molecule has 1 aliphatic carbocycles. The fourth-order valence-corrected chi connectivity index (χ4v) is 1.30. The van der Waals surface area contributed by atoms with Gasteiger partial charge in [0.1, 0.15) is 0 Å². The zero-order chi connectivity index (χ0) is 7.84. The van der Waals surface area contributed by atoms with Crippen LogP contribution in [0.25, 0.3) is 0 Å². The Morgan fingerprint density at radius 2 is 2.27 bits per heavy atom. The van der Waals surface area contributed by atoms with E-state index in [9.17, 15) is 0 Å². The Balaban J connectivity index is 2.21. The Morgan fingerprint density at radius 3 is 2.73 bits per heavy atom. The van der Waals surface area contributed by atoms with E-state index in [2.05, 4.69) is 11.1 Å². The van der Waals surface area contributed by atoms with Crippen molar-refractivity contribution in [3.63, 3.8) is 0 Å². The number of nitrogens with zero attached hydrogens (tertiary/aromatic N) is 1. The molecule has 11 heavy (non-hydrogen) atoms. The zero-order valence-electron chi connectivity index (χ0n) is 6.62. The van der Waals surface area contributed by atoms with Crippen molar-refractivity contribution in [1.29, 1.82) is 0 Å². The lowest BCUT2D eigenvalue weighted by molar-refractivity contribution is 0.975. The number of pyridine rings is 1. The van der Waals surface area contributed by atoms with Crippen LogP contribution < -0.4 is 5.73 Å². The molecule has 58 valence electrons. The van der Waals surface area contributed by atoms with Gasteiger partial charge < -0.3 is 5.73 Å². The van der Waals surface area contributed by atoms with Crippen molar-refractivity contribution < 1.29 is 0 Å². The van der Waals surface area contributed by atoms with Gasteiger partial charge in [0.05, 0.1) is 0 Å². The average Bonchev–Trinajstić information content (AvgIpc) is 2.69. The van der Waals surface area contributed by atoms with Crippen LogP contribution in [-0.2, 0) is 0 Å². The summed E-state index contributed by atoms with van der Waals surface area (Å²) in [6.07, 6.45) is 3.07. The minimum atomic E-state index is 0.388. The molecule has 0 aromatic carbocycles. The highest BCUT2D eigenvalue weighted by Gasteiger charge is 2.34. The van der Waals surface area contributed by atoms with Crippen molar-refractivity contribution in [2.75, 3.05) is 0 Å². The smallest absolute Gasteiger partial charge is 0.0372 e. The summed E-state index contributed by atoms with van der Waals surface area (Å²) in [5.41, 5.74) is 8.08. The van der Waals surface area contributed by atoms with Gasteiger partial charge in [-0.25, -0.2) is 0 Å². The maximum atomic E-state index is 5.71. The molecule has 2 nitrogen and oxygen atoms in total. The summed E-state index contributed by atoms with van der Waals surface area (Å²) >= 11 is 0. The van der Waals surface area contributed by atoms with Gasteiger partial charge in [-0.15, -0.1) is 0 Å². The Labute approximate surface area is 66.4 Å². The van der Waals surface area contributed by atoms with Gasteiger partial charge in [-0.1, -0.05) is 6.07 Å². The molecule has 1 aromatic heterocycles. The summed E-state index contributed by atoms with van der Waals surface area (Å²) in [6.45, 7) is 2.00. The summed E-state index contributed by atoms with van der Waals surface area (Å²) in [6, 6.07) is 4.56. The van der Waals surface area contributed by atoms with Crippen molar-refractivity contribution in [2.24, 2.45) is 5.73 Å². The monoisotopic (exact) mass is 148 g/mol. The van der Waals surface area contributed by atoms with E-state index in [0.29, 0.717) is 12.0 Å². The standard InChI is InChI=1S/C9H12N2/c1-6-2-3-7(5-11-6)8-4-9(8)10/h2-3,5,8-9H,4,10H2,1H3/t8-,9+/m1/s1. The lowest BCUT2D eigenvalue weighted by atomic mass is 10.2. The second-order valence-electron chi connectivity index (χ2n) is 3.24. The molecule has 0 aliphatic heterocycles. The Hall–Kier alpha value is -0.890. The third-order valence-corrected chi connectivity index (χ3v) is 2.20. The first-order valence-electron chi connectivity index (χ1n) is 3.95. The molecule has 1 fully saturated rings. The van der Waals surface area contributed by atoms with Gasteiger partial charge in [-0.2, -0.15) is 0 Å². The fraction of sp³-hybridized carbons (Fsp3) is 0.444. The molecule has 2 N–H and O–H groups in total. The molecule has 0 radical (unpaired) electrons. The highest BCUT2D eigenvalue weighted by Crippen LogP contribution is 2.38. The summed E-state index contributed by atoms with van der Waals surface area (Å²) in [5.74, 6) is 0.586. The van der Waals surface area contributed by atoms with Crippen LogP contribution in [0.4, 0.5) is 0 Å². The molecular weight excluding hydrogens is 136 g/mol. The molecule has 0 bridgehead atoms. The van der Waals surface area contributed by atoms with Crippen molar-refractivity contribution in [2.45, 2.75) is 25.3 Å². The van der Waals surface area contributed by atoms with Crippen LogP contribution in [0.15, 0.2) is 18.3 Å².